The van der Waals surface area contributed by atoms with Crippen molar-refractivity contribution in [3.63, 3.8) is 0 Å². The monoisotopic (exact) mass is 318 g/mol. The van der Waals surface area contributed by atoms with Crippen LogP contribution in [0.15, 0.2) is 29.2 Å². The van der Waals surface area contributed by atoms with Gasteiger partial charge in [0.25, 0.3) is 0 Å². The van der Waals surface area contributed by atoms with Crippen LogP contribution in [0.3, 0.4) is 0 Å². The Hall–Kier alpha value is -0.440. The highest BCUT2D eigenvalue weighted by Crippen LogP contribution is 2.57. The van der Waals surface area contributed by atoms with Gasteiger partial charge in [0.1, 0.15) is 10.1 Å². The Labute approximate surface area is 124 Å². The van der Waals surface area contributed by atoms with Gasteiger partial charge in [-0.2, -0.15) is 0 Å². The van der Waals surface area contributed by atoms with E-state index in [1.807, 2.05) is 0 Å². The van der Waals surface area contributed by atoms with Crippen molar-refractivity contribution in [3.05, 3.63) is 29.8 Å². The van der Waals surface area contributed by atoms with Crippen molar-refractivity contribution in [2.24, 2.45) is 0 Å². The molecule has 0 amide bonds. The van der Waals surface area contributed by atoms with Crippen LogP contribution in [0.5, 0.6) is 0 Å². The predicted molar refractivity (Wildman–Crippen MR) is 88.2 cm³/mol. The SMILES string of the molecule is CC[P+](CC)(CC)CC.Cc1ccccc1S(=O)(=O)[O-]. The second-order valence-electron chi connectivity index (χ2n) is 4.83. The molecule has 0 saturated carbocycles. The zero-order valence-electron chi connectivity index (χ0n) is 13.2. The molecular weight excluding hydrogens is 291 g/mol. The Morgan fingerprint density at radius 3 is 1.55 bits per heavy atom. The van der Waals surface area contributed by atoms with Crippen LogP contribution < -0.4 is 0 Å². The lowest BCUT2D eigenvalue weighted by molar-refractivity contribution is 0.462. The number of hydrogen-bond donors (Lipinski definition) is 0. The predicted octanol–water partition coefficient (Wildman–Crippen LogP) is 3.98. The lowest BCUT2D eigenvalue weighted by Gasteiger charge is -2.20. The molecule has 1 aromatic carbocycles. The summed E-state index contributed by atoms with van der Waals surface area (Å²) < 4.78 is 31.5. The molecule has 0 aliphatic rings. The van der Waals surface area contributed by atoms with E-state index in [1.165, 1.54) is 36.8 Å². The summed E-state index contributed by atoms with van der Waals surface area (Å²) >= 11 is 0. The molecule has 0 radical (unpaired) electrons. The van der Waals surface area contributed by atoms with E-state index in [1.54, 1.807) is 19.1 Å². The van der Waals surface area contributed by atoms with Gasteiger partial charge in [-0.25, -0.2) is 8.42 Å². The molecule has 0 fully saturated rings. The van der Waals surface area contributed by atoms with E-state index < -0.39 is 17.4 Å². The van der Waals surface area contributed by atoms with E-state index in [-0.39, 0.29) is 4.90 Å². The van der Waals surface area contributed by atoms with Crippen LogP contribution in [0.2, 0.25) is 0 Å². The molecule has 20 heavy (non-hydrogen) atoms. The van der Waals surface area contributed by atoms with Gasteiger partial charge in [0.2, 0.25) is 0 Å². The third-order valence-electron chi connectivity index (χ3n) is 4.05. The van der Waals surface area contributed by atoms with Crippen LogP contribution in [0.4, 0.5) is 0 Å². The first kappa shape index (κ1) is 19.6. The number of benzene rings is 1. The van der Waals surface area contributed by atoms with Gasteiger partial charge in [0.05, 0.1) is 29.5 Å². The van der Waals surface area contributed by atoms with Crippen molar-refractivity contribution in [2.45, 2.75) is 39.5 Å². The maximum absolute atomic E-state index is 10.5. The molecule has 0 saturated heterocycles. The first-order valence-electron chi connectivity index (χ1n) is 7.12. The van der Waals surface area contributed by atoms with Gasteiger partial charge in [0, 0.05) is 7.26 Å². The normalized spacial score (nSPS) is 11.7. The van der Waals surface area contributed by atoms with Crippen LogP contribution in [0, 0.1) is 6.92 Å². The highest BCUT2D eigenvalue weighted by atomic mass is 32.2. The van der Waals surface area contributed by atoms with Crippen molar-refractivity contribution in [1.29, 1.82) is 0 Å². The summed E-state index contributed by atoms with van der Waals surface area (Å²) in [5, 5.41) is 0. The molecule has 3 nitrogen and oxygen atoms in total. The van der Waals surface area contributed by atoms with Gasteiger partial charge in [-0.15, -0.1) is 0 Å². The Balaban J connectivity index is 0.000000370. The summed E-state index contributed by atoms with van der Waals surface area (Å²) in [4.78, 5) is -0.139. The first-order valence-corrected chi connectivity index (χ1v) is 11.1. The lowest BCUT2D eigenvalue weighted by Crippen LogP contribution is -2.04. The van der Waals surface area contributed by atoms with E-state index in [9.17, 15) is 13.0 Å². The second kappa shape index (κ2) is 8.76. The van der Waals surface area contributed by atoms with Gasteiger partial charge in [-0.1, -0.05) is 18.2 Å². The Morgan fingerprint density at radius 1 is 0.950 bits per heavy atom. The van der Waals surface area contributed by atoms with Crippen LogP contribution in [0.1, 0.15) is 33.3 Å². The Bertz CT molecular complexity index is 476. The van der Waals surface area contributed by atoms with Crippen LogP contribution >= 0.6 is 7.26 Å². The first-order chi connectivity index (χ1) is 9.26. The minimum atomic E-state index is -4.28. The molecule has 0 aromatic heterocycles. The maximum Gasteiger partial charge on any atom is 0.124 e. The van der Waals surface area contributed by atoms with E-state index >= 15 is 0 Å². The average Bonchev–Trinajstić information content (AvgIpc) is 2.42. The molecular formula is C15H27O3PS. The molecule has 0 unspecified atom stereocenters. The zero-order valence-corrected chi connectivity index (χ0v) is 14.9. The fraction of sp³-hybridized carbons (Fsp3) is 0.600. The van der Waals surface area contributed by atoms with Gasteiger partial charge in [0.15, 0.2) is 0 Å². The summed E-state index contributed by atoms with van der Waals surface area (Å²) in [5.74, 6) is 0. The van der Waals surface area contributed by atoms with E-state index in [4.69, 9.17) is 0 Å². The lowest BCUT2D eigenvalue weighted by atomic mass is 10.2. The fourth-order valence-corrected chi connectivity index (χ4v) is 5.57. The average molecular weight is 318 g/mol. The summed E-state index contributed by atoms with van der Waals surface area (Å²) in [6.07, 6.45) is 5.82. The fourth-order valence-electron chi connectivity index (χ4n) is 2.18. The molecule has 0 bridgehead atoms. The quantitative estimate of drug-likeness (QED) is 0.609. The number of aryl methyl sites for hydroxylation is 1. The number of hydrogen-bond acceptors (Lipinski definition) is 3. The summed E-state index contributed by atoms with van der Waals surface area (Å²) in [6.45, 7) is 11.0. The summed E-state index contributed by atoms with van der Waals surface area (Å²) in [6, 6.07) is 6.10. The second-order valence-corrected chi connectivity index (χ2v) is 11.4. The van der Waals surface area contributed by atoms with Crippen molar-refractivity contribution < 1.29 is 13.0 Å². The van der Waals surface area contributed by atoms with E-state index in [0.717, 1.165) is 0 Å². The summed E-state index contributed by atoms with van der Waals surface area (Å²) in [7, 11) is -4.70. The molecule has 1 aromatic rings. The van der Waals surface area contributed by atoms with Crippen LogP contribution in [-0.4, -0.2) is 37.6 Å². The largest absolute Gasteiger partial charge is 0.744 e. The number of rotatable bonds is 5. The Morgan fingerprint density at radius 2 is 1.35 bits per heavy atom. The smallest absolute Gasteiger partial charge is 0.124 e. The molecule has 116 valence electrons. The highest BCUT2D eigenvalue weighted by Gasteiger charge is 2.27. The minimum absolute atomic E-state index is 0.139. The molecule has 5 heteroatoms. The molecule has 0 aliphatic heterocycles. The maximum atomic E-state index is 10.5. The van der Waals surface area contributed by atoms with Gasteiger partial charge >= 0.3 is 0 Å². The molecule has 0 atom stereocenters. The molecule has 0 heterocycles. The van der Waals surface area contributed by atoms with Crippen molar-refractivity contribution in [3.8, 4) is 0 Å². The van der Waals surface area contributed by atoms with Crippen molar-refractivity contribution in [1.82, 2.24) is 0 Å². The van der Waals surface area contributed by atoms with Gasteiger partial charge in [-0.05, 0) is 46.2 Å². The van der Waals surface area contributed by atoms with E-state index in [2.05, 4.69) is 27.7 Å². The topological polar surface area (TPSA) is 57.2 Å². The minimum Gasteiger partial charge on any atom is -0.744 e. The highest BCUT2D eigenvalue weighted by molar-refractivity contribution is 7.85. The van der Waals surface area contributed by atoms with Crippen molar-refractivity contribution >= 4 is 17.4 Å². The van der Waals surface area contributed by atoms with Crippen LogP contribution in [-0.2, 0) is 10.1 Å². The zero-order chi connectivity index (χ0) is 15.8. The standard InChI is InChI=1S/C8H20P.C7H8O3S/c1-5-9(6-2,7-3)8-4;1-6-4-2-3-5-7(6)11(8,9)10/h5-8H2,1-4H3;2-5H,1H3,(H,8,9,10)/q+1;/p-1. The molecule has 0 N–H and O–H groups in total. The molecule has 0 spiro atoms. The van der Waals surface area contributed by atoms with Gasteiger partial charge in [-0.3, -0.25) is 0 Å². The third kappa shape index (κ3) is 5.90. The van der Waals surface area contributed by atoms with Gasteiger partial charge < -0.3 is 4.55 Å². The molecule has 1 rings (SSSR count). The molecule has 0 aliphatic carbocycles. The van der Waals surface area contributed by atoms with E-state index in [0.29, 0.717) is 5.56 Å². The third-order valence-corrected chi connectivity index (χ3v) is 10.4. The Kier molecular flexibility index (Phi) is 8.57. The van der Waals surface area contributed by atoms with Crippen molar-refractivity contribution in [2.75, 3.05) is 24.6 Å². The summed E-state index contributed by atoms with van der Waals surface area (Å²) in [5.41, 5.74) is 0.488. The van der Waals surface area contributed by atoms with Crippen LogP contribution in [0.25, 0.3) is 0 Å².